The van der Waals surface area contributed by atoms with E-state index in [0.717, 1.165) is 22.7 Å². The van der Waals surface area contributed by atoms with Crippen molar-refractivity contribution in [2.24, 2.45) is 0 Å². The standard InChI is InChI=1S/C26H21FN2O5S2/c1-16(20-13-21(24-5-4-12-35-24)23(34-3)14-22(20)33-2)26(30)17-6-9-19(10-7-17)36(31,32)29-25-11-8-18(27)15-28-25/h4-15H,1H2,2-3H3,(H,28,29). The summed E-state index contributed by atoms with van der Waals surface area (Å²) >= 11 is 1.53. The number of anilines is 1. The Morgan fingerprint density at radius 2 is 1.75 bits per heavy atom. The first-order chi connectivity index (χ1) is 17.2. The fourth-order valence-corrected chi connectivity index (χ4v) is 5.23. The molecule has 0 saturated carbocycles. The van der Waals surface area contributed by atoms with E-state index in [0.29, 0.717) is 17.1 Å². The molecule has 0 amide bonds. The number of halogens is 1. The van der Waals surface area contributed by atoms with E-state index >= 15 is 0 Å². The third-order valence-electron chi connectivity index (χ3n) is 5.30. The first kappa shape index (κ1) is 25.1. The third-order valence-corrected chi connectivity index (χ3v) is 7.57. The molecule has 0 saturated heterocycles. The maximum atomic E-state index is 13.3. The highest BCUT2D eigenvalue weighted by Gasteiger charge is 2.21. The number of pyridine rings is 1. The van der Waals surface area contributed by atoms with E-state index in [-0.39, 0.29) is 21.8 Å². The van der Waals surface area contributed by atoms with Crippen LogP contribution >= 0.6 is 11.3 Å². The van der Waals surface area contributed by atoms with Crippen LogP contribution in [-0.2, 0) is 10.0 Å². The minimum atomic E-state index is -3.99. The summed E-state index contributed by atoms with van der Waals surface area (Å²) in [5.41, 5.74) is 1.71. The smallest absolute Gasteiger partial charge is 0.263 e. The van der Waals surface area contributed by atoms with Crippen molar-refractivity contribution in [2.45, 2.75) is 4.90 Å². The van der Waals surface area contributed by atoms with Crippen LogP contribution in [0, 0.1) is 5.82 Å². The van der Waals surface area contributed by atoms with E-state index in [4.69, 9.17) is 9.47 Å². The molecule has 2 aromatic heterocycles. The quantitative estimate of drug-likeness (QED) is 0.224. The molecule has 1 N–H and O–H groups in total. The molecular formula is C26H21FN2O5S2. The van der Waals surface area contributed by atoms with Gasteiger partial charge in [0.15, 0.2) is 5.78 Å². The Bertz CT molecular complexity index is 1520. The van der Waals surface area contributed by atoms with Crippen LogP contribution in [0.1, 0.15) is 15.9 Å². The third kappa shape index (κ3) is 5.14. The number of benzene rings is 2. The molecule has 36 heavy (non-hydrogen) atoms. The second kappa shape index (κ2) is 10.3. The number of hydrogen-bond acceptors (Lipinski definition) is 7. The van der Waals surface area contributed by atoms with Crippen molar-refractivity contribution in [1.29, 1.82) is 0 Å². The zero-order chi connectivity index (χ0) is 25.9. The van der Waals surface area contributed by atoms with Gasteiger partial charge in [0.05, 0.1) is 25.3 Å². The van der Waals surface area contributed by atoms with E-state index in [1.807, 2.05) is 17.5 Å². The summed E-state index contributed by atoms with van der Waals surface area (Å²) in [5.74, 6) is -0.000437. The van der Waals surface area contributed by atoms with Gasteiger partial charge in [0.25, 0.3) is 10.0 Å². The van der Waals surface area contributed by atoms with Gasteiger partial charge in [0.2, 0.25) is 0 Å². The lowest BCUT2D eigenvalue weighted by Crippen LogP contribution is -2.14. The van der Waals surface area contributed by atoms with Gasteiger partial charge < -0.3 is 9.47 Å². The number of nitrogens with one attached hydrogen (secondary N) is 1. The average Bonchev–Trinajstić information content (AvgIpc) is 3.43. The number of thiophene rings is 1. The van der Waals surface area contributed by atoms with Crippen LogP contribution in [0.3, 0.4) is 0 Å². The van der Waals surface area contributed by atoms with E-state index in [9.17, 15) is 17.6 Å². The Morgan fingerprint density at radius 3 is 2.33 bits per heavy atom. The maximum Gasteiger partial charge on any atom is 0.263 e. The number of carbonyl (C=O) groups is 1. The zero-order valence-electron chi connectivity index (χ0n) is 19.3. The number of rotatable bonds is 9. The number of allylic oxidation sites excluding steroid dienone is 1. The number of Topliss-reactive ketones (excluding diaryl/α,β-unsaturated/α-hetero) is 1. The number of methoxy groups -OCH3 is 2. The van der Waals surface area contributed by atoms with Crippen LogP contribution in [0.5, 0.6) is 11.5 Å². The summed E-state index contributed by atoms with van der Waals surface area (Å²) in [4.78, 5) is 17.8. The molecule has 0 aliphatic rings. The lowest BCUT2D eigenvalue weighted by Gasteiger charge is -2.15. The van der Waals surface area contributed by atoms with Crippen LogP contribution in [0.15, 0.2) is 83.7 Å². The van der Waals surface area contributed by atoms with Gasteiger partial charge in [0.1, 0.15) is 23.1 Å². The highest BCUT2D eigenvalue weighted by molar-refractivity contribution is 7.92. The SMILES string of the molecule is C=C(C(=O)c1ccc(S(=O)(=O)Nc2ccc(F)cn2)cc1)c1cc(-c2cccs2)c(OC)cc1OC. The molecule has 0 aliphatic carbocycles. The lowest BCUT2D eigenvalue weighted by atomic mass is 9.95. The van der Waals surface area contributed by atoms with Crippen molar-refractivity contribution in [3.05, 3.63) is 95.8 Å². The molecule has 4 aromatic rings. The number of ketones is 1. The number of ether oxygens (including phenoxy) is 2. The van der Waals surface area contributed by atoms with Gasteiger partial charge in [0, 0.05) is 33.2 Å². The molecule has 0 bridgehead atoms. The molecule has 0 spiro atoms. The molecule has 0 radical (unpaired) electrons. The average molecular weight is 525 g/mol. The second-order valence-corrected chi connectivity index (χ2v) is 10.2. The molecule has 0 atom stereocenters. The fraction of sp³-hybridized carbons (Fsp3) is 0.0769. The van der Waals surface area contributed by atoms with Crippen molar-refractivity contribution in [1.82, 2.24) is 4.98 Å². The van der Waals surface area contributed by atoms with Gasteiger partial charge in [-0.1, -0.05) is 12.6 Å². The van der Waals surface area contributed by atoms with Crippen molar-refractivity contribution in [3.63, 3.8) is 0 Å². The van der Waals surface area contributed by atoms with Gasteiger partial charge in [-0.05, 0) is 53.9 Å². The summed E-state index contributed by atoms with van der Waals surface area (Å²) in [5, 5.41) is 1.94. The van der Waals surface area contributed by atoms with Crippen molar-refractivity contribution < 1.29 is 27.1 Å². The number of sulfonamides is 1. The Labute approximate surface area is 211 Å². The minimum Gasteiger partial charge on any atom is -0.496 e. The molecule has 2 aromatic carbocycles. The number of aromatic nitrogens is 1. The van der Waals surface area contributed by atoms with Gasteiger partial charge in [-0.3, -0.25) is 9.52 Å². The van der Waals surface area contributed by atoms with E-state index in [1.165, 1.54) is 48.8 Å². The molecule has 0 unspecified atom stereocenters. The van der Waals surface area contributed by atoms with Gasteiger partial charge in [-0.2, -0.15) is 0 Å². The Kier molecular flexibility index (Phi) is 7.18. The van der Waals surface area contributed by atoms with Crippen LogP contribution in [0.2, 0.25) is 0 Å². The summed E-state index contributed by atoms with van der Waals surface area (Å²) in [7, 11) is -0.944. The highest BCUT2D eigenvalue weighted by atomic mass is 32.2. The molecule has 2 heterocycles. The molecule has 10 heteroatoms. The van der Waals surface area contributed by atoms with Crippen LogP contribution < -0.4 is 14.2 Å². The molecule has 4 rings (SSSR count). The predicted octanol–water partition coefficient (Wildman–Crippen LogP) is 5.66. The van der Waals surface area contributed by atoms with Crippen molar-refractivity contribution in [2.75, 3.05) is 18.9 Å². The maximum absolute atomic E-state index is 13.3. The minimum absolute atomic E-state index is 0.0296. The number of carbonyl (C=O) groups excluding carboxylic acids is 1. The predicted molar refractivity (Wildman–Crippen MR) is 138 cm³/mol. The van der Waals surface area contributed by atoms with E-state index < -0.39 is 21.6 Å². The molecule has 0 fully saturated rings. The first-order valence-corrected chi connectivity index (χ1v) is 12.9. The first-order valence-electron chi connectivity index (χ1n) is 10.5. The number of nitrogens with zero attached hydrogens (tertiary/aromatic N) is 1. The van der Waals surface area contributed by atoms with Crippen LogP contribution in [0.4, 0.5) is 10.2 Å². The van der Waals surface area contributed by atoms with E-state index in [1.54, 1.807) is 19.2 Å². The molecule has 7 nitrogen and oxygen atoms in total. The van der Waals surface area contributed by atoms with Crippen molar-refractivity contribution in [3.8, 4) is 21.9 Å². The van der Waals surface area contributed by atoms with Gasteiger partial charge in [-0.25, -0.2) is 17.8 Å². The topological polar surface area (TPSA) is 94.6 Å². The normalized spacial score (nSPS) is 11.1. The Hall–Kier alpha value is -4.02. The summed E-state index contributed by atoms with van der Waals surface area (Å²) in [6.07, 6.45) is 0.905. The molecule has 184 valence electrons. The summed E-state index contributed by atoms with van der Waals surface area (Å²) in [6.45, 7) is 3.99. The Balaban J connectivity index is 1.61. The second-order valence-electron chi connectivity index (χ2n) is 7.53. The zero-order valence-corrected chi connectivity index (χ0v) is 21.0. The Morgan fingerprint density at radius 1 is 1.03 bits per heavy atom. The largest absolute Gasteiger partial charge is 0.496 e. The van der Waals surface area contributed by atoms with Crippen LogP contribution in [-0.4, -0.2) is 33.4 Å². The molecule has 0 aliphatic heterocycles. The summed E-state index contributed by atoms with van der Waals surface area (Å²) in [6, 6.07) is 15.1. The van der Waals surface area contributed by atoms with Crippen LogP contribution in [0.25, 0.3) is 16.0 Å². The molecular weight excluding hydrogens is 503 g/mol. The van der Waals surface area contributed by atoms with Crippen molar-refractivity contribution >= 4 is 38.5 Å². The fourth-order valence-electron chi connectivity index (χ4n) is 3.47. The van der Waals surface area contributed by atoms with E-state index in [2.05, 4.69) is 16.3 Å². The highest BCUT2D eigenvalue weighted by Crippen LogP contribution is 2.40. The van der Waals surface area contributed by atoms with Gasteiger partial charge >= 0.3 is 0 Å². The monoisotopic (exact) mass is 524 g/mol. The number of hydrogen-bond donors (Lipinski definition) is 1. The lowest BCUT2D eigenvalue weighted by molar-refractivity contribution is 0.105. The van der Waals surface area contributed by atoms with Gasteiger partial charge in [-0.15, -0.1) is 11.3 Å². The summed E-state index contributed by atoms with van der Waals surface area (Å²) < 4.78 is 51.6.